The SMILES string of the molecule is CC1(C)CC(C(NN)C(F)F)C(C)(C)O1. The summed E-state index contributed by atoms with van der Waals surface area (Å²) in [5.41, 5.74) is 1.27. The van der Waals surface area contributed by atoms with Crippen molar-refractivity contribution < 1.29 is 13.5 Å². The second-order valence-corrected chi connectivity index (χ2v) is 5.30. The van der Waals surface area contributed by atoms with Crippen molar-refractivity contribution in [1.82, 2.24) is 5.43 Å². The van der Waals surface area contributed by atoms with Gasteiger partial charge in [-0.05, 0) is 34.1 Å². The number of rotatable bonds is 3. The van der Waals surface area contributed by atoms with Crippen LogP contribution in [0.15, 0.2) is 0 Å². The van der Waals surface area contributed by atoms with Gasteiger partial charge < -0.3 is 4.74 Å². The maximum Gasteiger partial charge on any atom is 0.255 e. The first kappa shape index (κ1) is 12.8. The first-order valence-electron chi connectivity index (χ1n) is 5.14. The molecule has 5 heteroatoms. The highest BCUT2D eigenvalue weighted by Gasteiger charge is 2.50. The zero-order chi connectivity index (χ0) is 11.9. The number of nitrogens with one attached hydrogen (secondary N) is 1. The highest BCUT2D eigenvalue weighted by molar-refractivity contribution is 4.99. The Morgan fingerprint density at radius 1 is 1.33 bits per heavy atom. The smallest absolute Gasteiger partial charge is 0.255 e. The second-order valence-electron chi connectivity index (χ2n) is 5.30. The van der Waals surface area contributed by atoms with E-state index in [9.17, 15) is 8.78 Å². The molecule has 2 unspecified atom stereocenters. The van der Waals surface area contributed by atoms with Crippen molar-refractivity contribution >= 4 is 0 Å². The van der Waals surface area contributed by atoms with Crippen molar-refractivity contribution in [1.29, 1.82) is 0 Å². The summed E-state index contributed by atoms with van der Waals surface area (Å²) in [4.78, 5) is 0. The van der Waals surface area contributed by atoms with Gasteiger partial charge in [-0.15, -0.1) is 0 Å². The molecule has 0 amide bonds. The van der Waals surface area contributed by atoms with Gasteiger partial charge in [0.25, 0.3) is 6.43 Å². The number of hydrogen-bond acceptors (Lipinski definition) is 3. The molecule has 1 fully saturated rings. The van der Waals surface area contributed by atoms with E-state index in [1.165, 1.54) is 0 Å². The number of halogens is 2. The lowest BCUT2D eigenvalue weighted by atomic mass is 9.82. The van der Waals surface area contributed by atoms with Crippen LogP contribution >= 0.6 is 0 Å². The highest BCUT2D eigenvalue weighted by Crippen LogP contribution is 2.44. The van der Waals surface area contributed by atoms with Gasteiger partial charge in [-0.1, -0.05) is 0 Å². The van der Waals surface area contributed by atoms with E-state index < -0.39 is 18.1 Å². The zero-order valence-electron chi connectivity index (χ0n) is 9.68. The Morgan fingerprint density at radius 2 is 1.87 bits per heavy atom. The van der Waals surface area contributed by atoms with Crippen molar-refractivity contribution in [3.05, 3.63) is 0 Å². The minimum Gasteiger partial charge on any atom is -0.369 e. The Bertz CT molecular complexity index is 231. The Morgan fingerprint density at radius 3 is 2.13 bits per heavy atom. The molecule has 0 radical (unpaired) electrons. The molecule has 3 N–H and O–H groups in total. The van der Waals surface area contributed by atoms with Crippen LogP contribution in [0.2, 0.25) is 0 Å². The van der Waals surface area contributed by atoms with Gasteiger partial charge >= 0.3 is 0 Å². The standard InChI is InChI=1S/C10H20F2N2O/c1-9(2)5-6(10(3,4)15-9)7(14-13)8(11)12/h6-8,14H,5,13H2,1-4H3. The highest BCUT2D eigenvalue weighted by atomic mass is 19.3. The Labute approximate surface area is 89.3 Å². The fourth-order valence-corrected chi connectivity index (χ4v) is 2.53. The molecule has 1 saturated heterocycles. The van der Waals surface area contributed by atoms with Crippen LogP contribution in [0.1, 0.15) is 34.1 Å². The maximum absolute atomic E-state index is 12.7. The summed E-state index contributed by atoms with van der Waals surface area (Å²) in [5.74, 6) is 4.90. The molecule has 0 spiro atoms. The minimum atomic E-state index is -2.48. The number of hydrazine groups is 1. The van der Waals surface area contributed by atoms with Crippen molar-refractivity contribution in [3.63, 3.8) is 0 Å². The molecule has 15 heavy (non-hydrogen) atoms. The predicted molar refractivity (Wildman–Crippen MR) is 54.5 cm³/mol. The topological polar surface area (TPSA) is 47.3 Å². The van der Waals surface area contributed by atoms with Crippen molar-refractivity contribution in [2.45, 2.75) is 57.8 Å². The first-order chi connectivity index (χ1) is 6.69. The number of ether oxygens (including phenoxy) is 1. The largest absolute Gasteiger partial charge is 0.369 e. The molecule has 90 valence electrons. The quantitative estimate of drug-likeness (QED) is 0.564. The maximum atomic E-state index is 12.7. The third-order valence-corrected chi connectivity index (χ3v) is 3.04. The zero-order valence-corrected chi connectivity index (χ0v) is 9.68. The summed E-state index contributed by atoms with van der Waals surface area (Å²) in [5, 5.41) is 0. The summed E-state index contributed by atoms with van der Waals surface area (Å²) in [6.07, 6.45) is -1.89. The van der Waals surface area contributed by atoms with E-state index in [0.717, 1.165) is 0 Å². The van der Waals surface area contributed by atoms with Gasteiger partial charge in [-0.2, -0.15) is 0 Å². The first-order valence-corrected chi connectivity index (χ1v) is 5.14. The van der Waals surface area contributed by atoms with Gasteiger partial charge in [-0.3, -0.25) is 11.3 Å². The van der Waals surface area contributed by atoms with E-state index >= 15 is 0 Å². The Hall–Kier alpha value is -0.260. The van der Waals surface area contributed by atoms with Crippen LogP contribution in [0.25, 0.3) is 0 Å². The van der Waals surface area contributed by atoms with E-state index in [4.69, 9.17) is 10.6 Å². The third-order valence-electron chi connectivity index (χ3n) is 3.04. The normalized spacial score (nSPS) is 30.8. The molecule has 0 bridgehead atoms. The fourth-order valence-electron chi connectivity index (χ4n) is 2.53. The van der Waals surface area contributed by atoms with Gasteiger partial charge in [0.1, 0.15) is 0 Å². The molecular formula is C10H20F2N2O. The van der Waals surface area contributed by atoms with Gasteiger partial charge in [0, 0.05) is 5.92 Å². The van der Waals surface area contributed by atoms with E-state index in [1.54, 1.807) is 0 Å². The molecule has 1 heterocycles. The van der Waals surface area contributed by atoms with Crippen molar-refractivity contribution in [3.8, 4) is 0 Å². The molecular weight excluding hydrogens is 202 g/mol. The molecule has 1 aliphatic rings. The fraction of sp³-hybridized carbons (Fsp3) is 1.00. The lowest BCUT2D eigenvalue weighted by Crippen LogP contribution is -2.51. The summed E-state index contributed by atoms with van der Waals surface area (Å²) in [7, 11) is 0. The van der Waals surface area contributed by atoms with E-state index in [2.05, 4.69) is 5.43 Å². The molecule has 2 atom stereocenters. The minimum absolute atomic E-state index is 0.280. The van der Waals surface area contributed by atoms with Crippen LogP contribution < -0.4 is 11.3 Å². The van der Waals surface area contributed by atoms with E-state index in [1.807, 2.05) is 27.7 Å². The summed E-state index contributed by atoms with van der Waals surface area (Å²) in [6.45, 7) is 7.49. The van der Waals surface area contributed by atoms with Crippen LogP contribution in [0, 0.1) is 5.92 Å². The summed E-state index contributed by atoms with van der Waals surface area (Å²) < 4.78 is 31.2. The van der Waals surface area contributed by atoms with Crippen LogP contribution in [0.3, 0.4) is 0 Å². The van der Waals surface area contributed by atoms with E-state index in [0.29, 0.717) is 6.42 Å². The lowest BCUT2D eigenvalue weighted by Gasteiger charge is -2.32. The summed E-state index contributed by atoms with van der Waals surface area (Å²) >= 11 is 0. The average molecular weight is 222 g/mol. The van der Waals surface area contributed by atoms with Crippen LogP contribution in [0.4, 0.5) is 8.78 Å². The van der Waals surface area contributed by atoms with E-state index in [-0.39, 0.29) is 11.5 Å². The van der Waals surface area contributed by atoms with Crippen molar-refractivity contribution in [2.24, 2.45) is 11.8 Å². The van der Waals surface area contributed by atoms with Gasteiger partial charge in [0.15, 0.2) is 0 Å². The van der Waals surface area contributed by atoms with Gasteiger partial charge in [-0.25, -0.2) is 8.78 Å². The second kappa shape index (κ2) is 3.96. The molecule has 3 nitrogen and oxygen atoms in total. The average Bonchev–Trinajstić information content (AvgIpc) is 2.20. The summed E-state index contributed by atoms with van der Waals surface area (Å²) in [6, 6.07) is -1.01. The molecule has 0 aliphatic carbocycles. The third kappa shape index (κ3) is 2.65. The van der Waals surface area contributed by atoms with Gasteiger partial charge in [0.05, 0.1) is 17.2 Å². The molecule has 0 aromatic rings. The van der Waals surface area contributed by atoms with Gasteiger partial charge in [0.2, 0.25) is 0 Å². The number of alkyl halides is 2. The number of hydrogen-bond donors (Lipinski definition) is 2. The molecule has 0 aromatic carbocycles. The monoisotopic (exact) mass is 222 g/mol. The van der Waals surface area contributed by atoms with Crippen LogP contribution in [0.5, 0.6) is 0 Å². The molecule has 0 saturated carbocycles. The molecule has 0 aromatic heterocycles. The predicted octanol–water partition coefficient (Wildman–Crippen LogP) is 1.68. The Balaban J connectivity index is 2.85. The number of nitrogens with two attached hydrogens (primary N) is 1. The lowest BCUT2D eigenvalue weighted by molar-refractivity contribution is -0.0845. The van der Waals surface area contributed by atoms with Crippen LogP contribution in [-0.4, -0.2) is 23.7 Å². The molecule has 1 aliphatic heterocycles. The molecule has 1 rings (SSSR count). The van der Waals surface area contributed by atoms with Crippen molar-refractivity contribution in [2.75, 3.05) is 0 Å². The Kier molecular flexibility index (Phi) is 3.38. The van der Waals surface area contributed by atoms with Crippen LogP contribution in [-0.2, 0) is 4.74 Å².